The number of β-amino-alcohol motifs (C(OH)–C–C–N with tert-alkyl or cyclic N) is 1. The van der Waals surface area contributed by atoms with Crippen molar-refractivity contribution >= 4 is 6.03 Å². The molecule has 6 heteroatoms. The molecule has 2 aliphatic rings. The zero-order valence-electron chi connectivity index (χ0n) is 14.3. The third-order valence-electron chi connectivity index (χ3n) is 4.95. The summed E-state index contributed by atoms with van der Waals surface area (Å²) in [6.07, 6.45) is 0. The number of piperazine rings is 2. The van der Waals surface area contributed by atoms with Crippen LogP contribution in [0.15, 0.2) is 30.3 Å². The van der Waals surface area contributed by atoms with Crippen LogP contribution in [0.4, 0.5) is 4.79 Å². The molecule has 6 nitrogen and oxygen atoms in total. The van der Waals surface area contributed by atoms with Crippen LogP contribution < -0.4 is 0 Å². The lowest BCUT2D eigenvalue weighted by Gasteiger charge is -2.40. The van der Waals surface area contributed by atoms with Gasteiger partial charge in [0.25, 0.3) is 0 Å². The van der Waals surface area contributed by atoms with Gasteiger partial charge in [-0.15, -0.1) is 0 Å². The van der Waals surface area contributed by atoms with E-state index in [0.717, 1.165) is 58.9 Å². The van der Waals surface area contributed by atoms with E-state index in [2.05, 4.69) is 34.1 Å². The van der Waals surface area contributed by atoms with Crippen LogP contribution in [-0.2, 0) is 6.54 Å². The van der Waals surface area contributed by atoms with Crippen molar-refractivity contribution in [3.8, 4) is 0 Å². The first-order valence-corrected chi connectivity index (χ1v) is 8.89. The van der Waals surface area contributed by atoms with Crippen LogP contribution in [-0.4, -0.2) is 96.2 Å². The summed E-state index contributed by atoms with van der Waals surface area (Å²) in [5, 5.41) is 8.99. The number of hydrogen-bond donors (Lipinski definition) is 1. The standard InChI is InChI=1S/C18H28N4O2/c23-15-14-19-6-10-21(11-7-19)18(24)22-12-8-20(9-13-22)16-17-4-2-1-3-5-17/h1-5,23H,6-16H2. The molecule has 0 spiro atoms. The molecule has 1 N–H and O–H groups in total. The topological polar surface area (TPSA) is 50.3 Å². The first-order valence-electron chi connectivity index (χ1n) is 8.89. The number of nitrogens with zero attached hydrogens (tertiary/aromatic N) is 4. The molecule has 2 saturated heterocycles. The van der Waals surface area contributed by atoms with Crippen LogP contribution in [0, 0.1) is 0 Å². The summed E-state index contributed by atoms with van der Waals surface area (Å²) in [5.41, 5.74) is 1.33. The van der Waals surface area contributed by atoms with Gasteiger partial charge in [-0.25, -0.2) is 4.79 Å². The average molecular weight is 332 g/mol. The van der Waals surface area contributed by atoms with Gasteiger partial charge in [0, 0.05) is 65.4 Å². The van der Waals surface area contributed by atoms with Crippen molar-refractivity contribution in [2.45, 2.75) is 6.54 Å². The van der Waals surface area contributed by atoms with Gasteiger partial charge in [0.05, 0.1) is 6.61 Å². The van der Waals surface area contributed by atoms with E-state index >= 15 is 0 Å². The second-order valence-electron chi connectivity index (χ2n) is 6.58. The molecule has 132 valence electrons. The Morgan fingerprint density at radius 2 is 1.38 bits per heavy atom. The van der Waals surface area contributed by atoms with E-state index in [1.54, 1.807) is 0 Å². The van der Waals surface area contributed by atoms with Gasteiger partial charge >= 0.3 is 6.03 Å². The lowest BCUT2D eigenvalue weighted by atomic mass is 10.2. The zero-order chi connectivity index (χ0) is 16.8. The summed E-state index contributed by atoms with van der Waals surface area (Å²) in [7, 11) is 0. The quantitative estimate of drug-likeness (QED) is 0.874. The highest BCUT2D eigenvalue weighted by Gasteiger charge is 2.27. The normalized spacial score (nSPS) is 20.4. The highest BCUT2D eigenvalue weighted by atomic mass is 16.3. The molecule has 24 heavy (non-hydrogen) atoms. The molecule has 0 atom stereocenters. The number of aliphatic hydroxyl groups excluding tert-OH is 1. The maximum atomic E-state index is 12.6. The minimum Gasteiger partial charge on any atom is -0.395 e. The van der Waals surface area contributed by atoms with Crippen LogP contribution >= 0.6 is 0 Å². The number of hydrogen-bond acceptors (Lipinski definition) is 4. The average Bonchev–Trinajstić information content (AvgIpc) is 2.64. The van der Waals surface area contributed by atoms with E-state index in [1.807, 2.05) is 15.9 Å². The molecule has 0 saturated carbocycles. The Morgan fingerprint density at radius 1 is 0.833 bits per heavy atom. The molecule has 3 rings (SSSR count). The monoisotopic (exact) mass is 332 g/mol. The van der Waals surface area contributed by atoms with Crippen LogP contribution in [0.25, 0.3) is 0 Å². The molecule has 0 aromatic heterocycles. The fourth-order valence-electron chi connectivity index (χ4n) is 3.44. The molecule has 2 heterocycles. The van der Waals surface area contributed by atoms with Crippen molar-refractivity contribution in [2.75, 3.05) is 65.5 Å². The minimum atomic E-state index is 0.179. The van der Waals surface area contributed by atoms with Gasteiger partial charge in [0.2, 0.25) is 0 Å². The largest absolute Gasteiger partial charge is 0.395 e. The molecule has 2 aliphatic heterocycles. The summed E-state index contributed by atoms with van der Waals surface area (Å²) in [6, 6.07) is 10.7. The molecular weight excluding hydrogens is 304 g/mol. The Hall–Kier alpha value is -1.63. The number of urea groups is 1. The Morgan fingerprint density at radius 3 is 1.92 bits per heavy atom. The SMILES string of the molecule is O=C(N1CCN(CCO)CC1)N1CCN(Cc2ccccc2)CC1. The van der Waals surface area contributed by atoms with Crippen LogP contribution in [0.1, 0.15) is 5.56 Å². The maximum absolute atomic E-state index is 12.6. The number of carbonyl (C=O) groups excluding carboxylic acids is 1. The Bertz CT molecular complexity index is 509. The molecule has 0 aliphatic carbocycles. The number of rotatable bonds is 4. The third kappa shape index (κ3) is 4.47. The second-order valence-corrected chi connectivity index (χ2v) is 6.58. The zero-order valence-corrected chi connectivity index (χ0v) is 14.3. The molecule has 1 aromatic rings. The first kappa shape index (κ1) is 17.2. The van der Waals surface area contributed by atoms with Crippen LogP contribution in [0.5, 0.6) is 0 Å². The smallest absolute Gasteiger partial charge is 0.320 e. The molecular formula is C18H28N4O2. The first-order chi connectivity index (χ1) is 11.8. The molecule has 1 aromatic carbocycles. The van der Waals surface area contributed by atoms with Crippen molar-refractivity contribution in [3.05, 3.63) is 35.9 Å². The summed E-state index contributed by atoms with van der Waals surface area (Å²) in [6.45, 7) is 8.61. The number of aliphatic hydroxyl groups is 1. The van der Waals surface area contributed by atoms with Gasteiger partial charge in [-0.1, -0.05) is 30.3 Å². The Balaban J connectivity index is 1.42. The fourth-order valence-corrected chi connectivity index (χ4v) is 3.44. The summed E-state index contributed by atoms with van der Waals surface area (Å²) < 4.78 is 0. The van der Waals surface area contributed by atoms with Crippen molar-refractivity contribution in [1.29, 1.82) is 0 Å². The van der Waals surface area contributed by atoms with E-state index in [1.165, 1.54) is 5.56 Å². The molecule has 0 radical (unpaired) electrons. The van der Waals surface area contributed by atoms with E-state index in [9.17, 15) is 4.79 Å². The highest BCUT2D eigenvalue weighted by Crippen LogP contribution is 2.11. The molecule has 0 bridgehead atoms. The summed E-state index contributed by atoms with van der Waals surface area (Å²) >= 11 is 0. The minimum absolute atomic E-state index is 0.179. The Labute approximate surface area is 144 Å². The predicted octanol–water partition coefficient (Wildman–Crippen LogP) is 0.534. The van der Waals surface area contributed by atoms with Gasteiger partial charge in [0.1, 0.15) is 0 Å². The summed E-state index contributed by atoms with van der Waals surface area (Å²) in [5.74, 6) is 0. The van der Waals surface area contributed by atoms with Crippen molar-refractivity contribution in [2.24, 2.45) is 0 Å². The second kappa shape index (κ2) is 8.46. The number of carbonyl (C=O) groups is 1. The van der Waals surface area contributed by atoms with Gasteiger partial charge in [-0.2, -0.15) is 0 Å². The van der Waals surface area contributed by atoms with Gasteiger partial charge in [0.15, 0.2) is 0 Å². The highest BCUT2D eigenvalue weighted by molar-refractivity contribution is 5.74. The maximum Gasteiger partial charge on any atom is 0.320 e. The van der Waals surface area contributed by atoms with Crippen molar-refractivity contribution in [3.63, 3.8) is 0 Å². The van der Waals surface area contributed by atoms with Gasteiger partial charge < -0.3 is 14.9 Å². The van der Waals surface area contributed by atoms with E-state index in [0.29, 0.717) is 6.54 Å². The van der Waals surface area contributed by atoms with E-state index in [-0.39, 0.29) is 12.6 Å². The third-order valence-corrected chi connectivity index (χ3v) is 4.95. The van der Waals surface area contributed by atoms with Crippen LogP contribution in [0.3, 0.4) is 0 Å². The van der Waals surface area contributed by atoms with Crippen molar-refractivity contribution in [1.82, 2.24) is 19.6 Å². The number of benzene rings is 1. The predicted molar refractivity (Wildman–Crippen MR) is 93.8 cm³/mol. The Kier molecular flexibility index (Phi) is 6.07. The molecule has 0 unspecified atom stereocenters. The molecule has 2 amide bonds. The lowest BCUT2D eigenvalue weighted by Crippen LogP contribution is -2.56. The lowest BCUT2D eigenvalue weighted by molar-refractivity contribution is 0.0836. The van der Waals surface area contributed by atoms with Gasteiger partial charge in [-0.05, 0) is 5.56 Å². The number of amides is 2. The summed E-state index contributed by atoms with van der Waals surface area (Å²) in [4.78, 5) is 21.2. The van der Waals surface area contributed by atoms with E-state index < -0.39 is 0 Å². The fraction of sp³-hybridized carbons (Fsp3) is 0.611. The van der Waals surface area contributed by atoms with Crippen LogP contribution in [0.2, 0.25) is 0 Å². The molecule has 2 fully saturated rings. The van der Waals surface area contributed by atoms with Crippen molar-refractivity contribution < 1.29 is 9.90 Å². The van der Waals surface area contributed by atoms with E-state index in [4.69, 9.17) is 5.11 Å². The van der Waals surface area contributed by atoms with Gasteiger partial charge in [-0.3, -0.25) is 9.80 Å².